The molecule has 2 aliphatic carbocycles. The molecule has 0 radical (unpaired) electrons. The van der Waals surface area contributed by atoms with Crippen LogP contribution in [0.2, 0.25) is 0 Å². The highest BCUT2D eigenvalue weighted by atomic mass is 16.7. The summed E-state index contributed by atoms with van der Waals surface area (Å²) in [6.07, 6.45) is 0.100. The average Bonchev–Trinajstić information content (AvgIpc) is 3.31. The summed E-state index contributed by atoms with van der Waals surface area (Å²) < 4.78 is 35.2. The molecule has 5 rings (SSSR count). The van der Waals surface area contributed by atoms with E-state index in [4.69, 9.17) is 28.4 Å². The van der Waals surface area contributed by atoms with Crippen LogP contribution in [0, 0.1) is 11.8 Å². The van der Waals surface area contributed by atoms with E-state index < -0.39 is 54.7 Å². The van der Waals surface area contributed by atoms with Crippen LogP contribution in [0.1, 0.15) is 76.0 Å². The van der Waals surface area contributed by atoms with Gasteiger partial charge in [0.05, 0.1) is 12.2 Å². The van der Waals surface area contributed by atoms with Gasteiger partial charge >= 0.3 is 17.9 Å². The summed E-state index contributed by atoms with van der Waals surface area (Å²) in [6, 6.07) is 6.00. The first-order valence-corrected chi connectivity index (χ1v) is 14.2. The van der Waals surface area contributed by atoms with Crippen molar-refractivity contribution >= 4 is 17.9 Å². The van der Waals surface area contributed by atoms with E-state index in [0.717, 1.165) is 44.3 Å². The number of methoxy groups -OCH3 is 1. The van der Waals surface area contributed by atoms with Crippen molar-refractivity contribution in [3.63, 3.8) is 0 Å². The number of hydrogen-bond acceptors (Lipinski definition) is 10. The molecule has 0 amide bonds. The summed E-state index contributed by atoms with van der Waals surface area (Å²) in [5.41, 5.74) is 2.98. The minimum absolute atomic E-state index is 0.0323. The number of carbonyl (C=O) groups is 3. The number of carbonyl (C=O) groups excluding carboxylic acids is 3. The van der Waals surface area contributed by atoms with Crippen molar-refractivity contribution in [1.82, 2.24) is 0 Å². The lowest BCUT2D eigenvalue weighted by molar-refractivity contribution is -0.367. The molecule has 0 bridgehead atoms. The van der Waals surface area contributed by atoms with Crippen molar-refractivity contribution in [1.29, 1.82) is 0 Å². The zero-order valence-electron chi connectivity index (χ0n) is 23.8. The Morgan fingerprint density at radius 2 is 1.70 bits per heavy atom. The highest BCUT2D eigenvalue weighted by molar-refractivity contribution is 5.68. The Morgan fingerprint density at radius 1 is 1.00 bits per heavy atom. The molecular formula is C30H40O10. The first-order valence-electron chi connectivity index (χ1n) is 14.2. The van der Waals surface area contributed by atoms with Crippen molar-refractivity contribution in [3.8, 4) is 0 Å². The molecule has 0 aromatic heterocycles. The molecular weight excluding hydrogens is 520 g/mol. The van der Waals surface area contributed by atoms with Gasteiger partial charge in [-0.25, -0.2) is 0 Å². The number of hydrogen-bond donors (Lipinski definition) is 1. The van der Waals surface area contributed by atoms with Gasteiger partial charge in [-0.15, -0.1) is 0 Å². The molecule has 2 heterocycles. The second-order valence-corrected chi connectivity index (χ2v) is 11.7. The monoisotopic (exact) mass is 560 g/mol. The number of aryl methyl sites for hydroxylation is 1. The molecule has 2 saturated heterocycles. The quantitative estimate of drug-likeness (QED) is 0.410. The number of ether oxygens (including phenoxy) is 6. The lowest BCUT2D eigenvalue weighted by Crippen LogP contribution is -2.67. The van der Waals surface area contributed by atoms with Crippen molar-refractivity contribution in [2.24, 2.45) is 11.8 Å². The Labute approximate surface area is 234 Å². The largest absolute Gasteiger partial charge is 0.456 e. The molecule has 1 aromatic rings. The Kier molecular flexibility index (Phi) is 8.00. The molecule has 2 aliphatic heterocycles. The van der Waals surface area contributed by atoms with Gasteiger partial charge in [-0.2, -0.15) is 0 Å². The lowest BCUT2D eigenvalue weighted by atomic mass is 9.58. The van der Waals surface area contributed by atoms with E-state index in [2.05, 4.69) is 13.0 Å². The third-order valence-corrected chi connectivity index (χ3v) is 9.39. The van der Waals surface area contributed by atoms with Crippen LogP contribution in [0.15, 0.2) is 18.2 Å². The molecule has 1 saturated carbocycles. The maximum absolute atomic E-state index is 12.3. The lowest BCUT2D eigenvalue weighted by Gasteiger charge is -2.51. The zero-order chi connectivity index (χ0) is 28.8. The Hall–Kier alpha value is -2.53. The van der Waals surface area contributed by atoms with Crippen LogP contribution < -0.4 is 0 Å². The van der Waals surface area contributed by atoms with E-state index in [9.17, 15) is 19.5 Å². The second kappa shape index (κ2) is 11.0. The maximum atomic E-state index is 12.3. The third kappa shape index (κ3) is 4.93. The minimum Gasteiger partial charge on any atom is -0.456 e. The van der Waals surface area contributed by atoms with Gasteiger partial charge in [0.25, 0.3) is 0 Å². The smallest absolute Gasteiger partial charge is 0.303 e. The third-order valence-electron chi connectivity index (χ3n) is 9.39. The van der Waals surface area contributed by atoms with E-state index in [1.54, 1.807) is 0 Å². The van der Waals surface area contributed by atoms with Gasteiger partial charge in [0.15, 0.2) is 12.2 Å². The van der Waals surface area contributed by atoms with Crippen LogP contribution in [-0.2, 0) is 55.0 Å². The van der Waals surface area contributed by atoms with Gasteiger partial charge in [0, 0.05) is 40.1 Å². The van der Waals surface area contributed by atoms with Gasteiger partial charge in [-0.1, -0.05) is 12.1 Å². The fraction of sp³-hybridized carbons (Fsp3) is 0.700. The first-order chi connectivity index (χ1) is 19.0. The van der Waals surface area contributed by atoms with E-state index in [1.807, 2.05) is 12.1 Å². The van der Waals surface area contributed by atoms with Gasteiger partial charge in [-0.05, 0) is 74.0 Å². The summed E-state index contributed by atoms with van der Waals surface area (Å²) in [6.45, 7) is 6.14. The van der Waals surface area contributed by atoms with Crippen LogP contribution in [0.25, 0.3) is 0 Å². The molecule has 1 aromatic carbocycles. The van der Waals surface area contributed by atoms with Gasteiger partial charge < -0.3 is 33.5 Å². The van der Waals surface area contributed by atoms with Crippen LogP contribution >= 0.6 is 0 Å². The van der Waals surface area contributed by atoms with Crippen molar-refractivity contribution < 1.29 is 47.9 Å². The molecule has 10 heteroatoms. The summed E-state index contributed by atoms with van der Waals surface area (Å²) in [5, 5.41) is 10.3. The molecule has 1 unspecified atom stereocenters. The van der Waals surface area contributed by atoms with Gasteiger partial charge in [0.2, 0.25) is 11.9 Å². The van der Waals surface area contributed by atoms with Crippen LogP contribution in [0.3, 0.4) is 0 Å². The Morgan fingerprint density at radius 3 is 2.35 bits per heavy atom. The summed E-state index contributed by atoms with van der Waals surface area (Å²) in [5.74, 6) is -2.22. The summed E-state index contributed by atoms with van der Waals surface area (Å²) >= 11 is 0. The highest BCUT2D eigenvalue weighted by Gasteiger charge is 2.61. The molecule has 1 N–H and O–H groups in total. The predicted molar refractivity (Wildman–Crippen MR) is 140 cm³/mol. The average molecular weight is 561 g/mol. The van der Waals surface area contributed by atoms with Gasteiger partial charge in [0.1, 0.15) is 6.10 Å². The van der Waals surface area contributed by atoms with E-state index in [0.29, 0.717) is 23.3 Å². The first kappa shape index (κ1) is 29.0. The van der Waals surface area contributed by atoms with Crippen molar-refractivity contribution in [2.45, 2.75) is 102 Å². The number of aliphatic hydroxyl groups is 1. The molecule has 0 spiro atoms. The Bertz CT molecular complexity index is 1150. The molecule has 3 fully saturated rings. The van der Waals surface area contributed by atoms with E-state index in [-0.39, 0.29) is 5.60 Å². The molecule has 9 atom stereocenters. The minimum atomic E-state index is -1.74. The fourth-order valence-electron chi connectivity index (χ4n) is 7.80. The molecule has 40 heavy (non-hydrogen) atoms. The van der Waals surface area contributed by atoms with Crippen LogP contribution in [-0.4, -0.2) is 73.4 Å². The summed E-state index contributed by atoms with van der Waals surface area (Å²) in [4.78, 5) is 36.5. The highest BCUT2D eigenvalue weighted by Crippen LogP contribution is 2.56. The van der Waals surface area contributed by atoms with Crippen molar-refractivity contribution in [3.05, 3.63) is 34.9 Å². The standard InChI is InChI=1S/C30H40O10/c1-16(32)37-26-25(15-31)40-30(35-5,28(39-18(3)34)27(26)38-17(2)33)20-7-9-21-19(14-20)6-8-23-22(21)10-12-29(4)24(23)11-13-36-29/h7,9,14,22-28,31H,6,8,10-13,15H2,1-5H3/t22-,23-,24+,25-,26-,27+,28-,29+,30?/m1/s1. The fourth-order valence-corrected chi connectivity index (χ4v) is 7.80. The second-order valence-electron chi connectivity index (χ2n) is 11.7. The van der Waals surface area contributed by atoms with Gasteiger partial charge in [-0.3, -0.25) is 14.4 Å². The number of rotatable bonds is 6. The SMILES string of the molecule is COC1(c2ccc3c(c2)CC[C@@H]2[C@@H]3CC[C@]3(C)OCC[C@@H]23)O[C@H](CO)[C@@H](OC(C)=O)[C@H](OC(C)=O)[C@H]1OC(C)=O. The van der Waals surface area contributed by atoms with Crippen LogP contribution in [0.4, 0.5) is 0 Å². The number of aliphatic hydroxyl groups excluding tert-OH is 1. The molecule has 10 nitrogen and oxygen atoms in total. The Balaban J connectivity index is 1.55. The molecule has 4 aliphatic rings. The maximum Gasteiger partial charge on any atom is 0.303 e. The number of esters is 3. The molecule has 220 valence electrons. The zero-order valence-corrected chi connectivity index (χ0v) is 23.8. The van der Waals surface area contributed by atoms with Crippen molar-refractivity contribution in [2.75, 3.05) is 20.3 Å². The normalized spacial score (nSPS) is 38.4. The van der Waals surface area contributed by atoms with E-state index in [1.165, 1.54) is 33.4 Å². The number of benzene rings is 1. The number of fused-ring (bicyclic) bond motifs is 5. The summed E-state index contributed by atoms with van der Waals surface area (Å²) in [7, 11) is 1.40. The predicted octanol–water partition coefficient (Wildman–Crippen LogP) is 2.91. The van der Waals surface area contributed by atoms with E-state index >= 15 is 0 Å². The topological polar surface area (TPSA) is 127 Å². The van der Waals surface area contributed by atoms with Crippen LogP contribution in [0.5, 0.6) is 0 Å².